The Hall–Kier alpha value is -1.75. The van der Waals surface area contributed by atoms with Gasteiger partial charge in [0.1, 0.15) is 0 Å². The maximum atomic E-state index is 11.6. The van der Waals surface area contributed by atoms with Crippen LogP contribution >= 0.6 is 0 Å². The Morgan fingerprint density at radius 3 is 2.44 bits per heavy atom. The molecule has 1 unspecified atom stereocenters. The number of nitrogens with zero attached hydrogens (tertiary/aromatic N) is 1. The number of hydrogen-bond acceptors (Lipinski definition) is 4. The predicted molar refractivity (Wildman–Crippen MR) is 60.3 cm³/mol. The van der Waals surface area contributed by atoms with Gasteiger partial charge < -0.3 is 5.73 Å². The SMILES string of the molecule is CCC(N)CC(=O)c1ccc([N+](=O)[O-])cc1. The van der Waals surface area contributed by atoms with Gasteiger partial charge in [0.25, 0.3) is 5.69 Å². The molecule has 2 N–H and O–H groups in total. The van der Waals surface area contributed by atoms with Crippen molar-refractivity contribution in [2.24, 2.45) is 5.73 Å². The molecule has 86 valence electrons. The Morgan fingerprint density at radius 1 is 1.44 bits per heavy atom. The first-order valence-electron chi connectivity index (χ1n) is 5.07. The van der Waals surface area contributed by atoms with Gasteiger partial charge in [0.15, 0.2) is 5.78 Å². The van der Waals surface area contributed by atoms with Crippen molar-refractivity contribution in [3.63, 3.8) is 0 Å². The number of non-ortho nitro benzene ring substituents is 1. The van der Waals surface area contributed by atoms with Crippen LogP contribution in [0.2, 0.25) is 0 Å². The molecule has 1 aromatic rings. The maximum Gasteiger partial charge on any atom is 0.269 e. The van der Waals surface area contributed by atoms with Gasteiger partial charge >= 0.3 is 0 Å². The van der Waals surface area contributed by atoms with E-state index in [9.17, 15) is 14.9 Å². The summed E-state index contributed by atoms with van der Waals surface area (Å²) in [6.45, 7) is 1.91. The standard InChI is InChI=1S/C11H14N2O3/c1-2-9(12)7-11(14)8-3-5-10(6-4-8)13(15)16/h3-6,9H,2,7,12H2,1H3. The normalized spacial score (nSPS) is 12.1. The van der Waals surface area contributed by atoms with Crippen LogP contribution in [0.25, 0.3) is 0 Å². The van der Waals surface area contributed by atoms with Crippen molar-refractivity contribution < 1.29 is 9.72 Å². The van der Waals surface area contributed by atoms with Crippen molar-refractivity contribution in [1.82, 2.24) is 0 Å². The van der Waals surface area contributed by atoms with Gasteiger partial charge in [0.2, 0.25) is 0 Å². The Labute approximate surface area is 93.4 Å². The van der Waals surface area contributed by atoms with Crippen LogP contribution in [0.15, 0.2) is 24.3 Å². The smallest absolute Gasteiger partial charge is 0.269 e. The molecule has 0 bridgehead atoms. The summed E-state index contributed by atoms with van der Waals surface area (Å²) in [7, 11) is 0. The van der Waals surface area contributed by atoms with Crippen LogP contribution in [0.4, 0.5) is 5.69 Å². The van der Waals surface area contributed by atoms with Crippen LogP contribution in [-0.4, -0.2) is 16.7 Å². The molecule has 0 aromatic heterocycles. The second-order valence-corrected chi connectivity index (χ2v) is 3.60. The average Bonchev–Trinajstić information content (AvgIpc) is 2.28. The number of carbonyl (C=O) groups is 1. The molecule has 1 rings (SSSR count). The van der Waals surface area contributed by atoms with E-state index in [1.165, 1.54) is 24.3 Å². The van der Waals surface area contributed by atoms with Crippen LogP contribution in [0, 0.1) is 10.1 Å². The van der Waals surface area contributed by atoms with Gasteiger partial charge in [-0.25, -0.2) is 0 Å². The van der Waals surface area contributed by atoms with Crippen molar-refractivity contribution >= 4 is 11.5 Å². The van der Waals surface area contributed by atoms with Gasteiger partial charge in [0, 0.05) is 30.2 Å². The van der Waals surface area contributed by atoms with Crippen LogP contribution in [0.3, 0.4) is 0 Å². The van der Waals surface area contributed by atoms with Crippen LogP contribution in [0.1, 0.15) is 30.1 Å². The fourth-order valence-corrected chi connectivity index (χ4v) is 1.27. The average molecular weight is 222 g/mol. The van der Waals surface area contributed by atoms with E-state index in [1.807, 2.05) is 6.92 Å². The highest BCUT2D eigenvalue weighted by Crippen LogP contribution is 2.13. The molecule has 0 aliphatic heterocycles. The first kappa shape index (κ1) is 12.3. The summed E-state index contributed by atoms with van der Waals surface area (Å²) in [4.78, 5) is 21.6. The number of nitro groups is 1. The predicted octanol–water partition coefficient (Wildman–Crippen LogP) is 1.90. The second kappa shape index (κ2) is 5.37. The quantitative estimate of drug-likeness (QED) is 0.468. The van der Waals surface area contributed by atoms with Gasteiger partial charge in [0.05, 0.1) is 4.92 Å². The molecule has 0 radical (unpaired) electrons. The third kappa shape index (κ3) is 3.13. The molecule has 5 heteroatoms. The van der Waals surface area contributed by atoms with Gasteiger partial charge in [-0.1, -0.05) is 6.92 Å². The second-order valence-electron chi connectivity index (χ2n) is 3.60. The highest BCUT2D eigenvalue weighted by Gasteiger charge is 2.12. The molecular weight excluding hydrogens is 208 g/mol. The maximum absolute atomic E-state index is 11.6. The zero-order chi connectivity index (χ0) is 12.1. The Kier molecular flexibility index (Phi) is 4.13. The third-order valence-electron chi connectivity index (χ3n) is 2.37. The fraction of sp³-hybridized carbons (Fsp3) is 0.364. The lowest BCUT2D eigenvalue weighted by Gasteiger charge is -2.06. The van der Waals surface area contributed by atoms with Crippen molar-refractivity contribution in [3.05, 3.63) is 39.9 Å². The molecule has 1 aromatic carbocycles. The van der Waals surface area contributed by atoms with Gasteiger partial charge in [-0.05, 0) is 18.6 Å². The molecule has 0 amide bonds. The lowest BCUT2D eigenvalue weighted by atomic mass is 10.0. The molecule has 0 aliphatic carbocycles. The molecule has 0 aliphatic rings. The zero-order valence-corrected chi connectivity index (χ0v) is 9.05. The molecule has 1 atom stereocenters. The summed E-state index contributed by atoms with van der Waals surface area (Å²) < 4.78 is 0. The summed E-state index contributed by atoms with van der Waals surface area (Å²) in [5.74, 6) is -0.0794. The Morgan fingerprint density at radius 2 is 2.00 bits per heavy atom. The first-order valence-corrected chi connectivity index (χ1v) is 5.07. The topological polar surface area (TPSA) is 86.2 Å². The monoisotopic (exact) mass is 222 g/mol. The number of nitrogens with two attached hydrogens (primary N) is 1. The van der Waals surface area contributed by atoms with Gasteiger partial charge in [-0.2, -0.15) is 0 Å². The minimum Gasteiger partial charge on any atom is -0.327 e. The van der Waals surface area contributed by atoms with E-state index in [1.54, 1.807) is 0 Å². The number of benzene rings is 1. The number of Topliss-reactive ketones (excluding diaryl/α,β-unsaturated/α-hetero) is 1. The van der Waals surface area contributed by atoms with Crippen molar-refractivity contribution in [2.75, 3.05) is 0 Å². The fourth-order valence-electron chi connectivity index (χ4n) is 1.27. The summed E-state index contributed by atoms with van der Waals surface area (Å²) in [6.07, 6.45) is 1.01. The number of ketones is 1. The number of rotatable bonds is 5. The third-order valence-corrected chi connectivity index (χ3v) is 2.37. The molecule has 0 saturated carbocycles. The van der Waals surface area contributed by atoms with Crippen LogP contribution in [-0.2, 0) is 0 Å². The summed E-state index contributed by atoms with van der Waals surface area (Å²) in [5, 5.41) is 10.4. The van der Waals surface area contributed by atoms with E-state index in [4.69, 9.17) is 5.73 Å². The van der Waals surface area contributed by atoms with E-state index in [2.05, 4.69) is 0 Å². The van der Waals surface area contributed by atoms with Crippen molar-refractivity contribution in [3.8, 4) is 0 Å². The Bertz CT molecular complexity index is 387. The van der Waals surface area contributed by atoms with E-state index < -0.39 is 4.92 Å². The first-order chi connectivity index (χ1) is 7.54. The molecule has 0 fully saturated rings. The zero-order valence-electron chi connectivity index (χ0n) is 9.05. The Balaban J connectivity index is 2.74. The van der Waals surface area contributed by atoms with Crippen molar-refractivity contribution in [1.29, 1.82) is 0 Å². The van der Waals surface area contributed by atoms with E-state index in [-0.39, 0.29) is 23.9 Å². The summed E-state index contributed by atoms with van der Waals surface area (Å²) in [5.41, 5.74) is 6.11. The lowest BCUT2D eigenvalue weighted by molar-refractivity contribution is -0.384. The molecule has 0 heterocycles. The van der Waals surface area contributed by atoms with Crippen LogP contribution < -0.4 is 5.73 Å². The van der Waals surface area contributed by atoms with Gasteiger partial charge in [-0.3, -0.25) is 14.9 Å². The lowest BCUT2D eigenvalue weighted by Crippen LogP contribution is -2.22. The highest BCUT2D eigenvalue weighted by molar-refractivity contribution is 5.96. The number of hydrogen-bond donors (Lipinski definition) is 1. The molecule has 16 heavy (non-hydrogen) atoms. The van der Waals surface area contributed by atoms with Gasteiger partial charge in [-0.15, -0.1) is 0 Å². The minimum absolute atomic E-state index is 0.0173. The summed E-state index contributed by atoms with van der Waals surface area (Å²) in [6, 6.07) is 5.42. The number of carbonyl (C=O) groups excluding carboxylic acids is 1. The molecule has 0 spiro atoms. The van der Waals surface area contributed by atoms with Crippen LogP contribution in [0.5, 0.6) is 0 Å². The molecule has 0 saturated heterocycles. The van der Waals surface area contributed by atoms with E-state index >= 15 is 0 Å². The minimum atomic E-state index is -0.494. The highest BCUT2D eigenvalue weighted by atomic mass is 16.6. The largest absolute Gasteiger partial charge is 0.327 e. The molecular formula is C11H14N2O3. The summed E-state index contributed by atoms with van der Waals surface area (Å²) >= 11 is 0. The van der Waals surface area contributed by atoms with E-state index in [0.717, 1.165) is 6.42 Å². The molecule has 5 nitrogen and oxygen atoms in total. The van der Waals surface area contributed by atoms with E-state index in [0.29, 0.717) is 5.56 Å². The van der Waals surface area contributed by atoms with Crippen molar-refractivity contribution in [2.45, 2.75) is 25.8 Å². The number of nitro benzene ring substituents is 1.